The minimum atomic E-state index is -0.0467. The number of carbonyl (C=O) groups is 1. The van der Waals surface area contributed by atoms with E-state index in [1.54, 1.807) is 30.5 Å². The third-order valence-electron chi connectivity index (χ3n) is 3.39. The summed E-state index contributed by atoms with van der Waals surface area (Å²) in [5.41, 5.74) is 0.397. The number of hydrogen-bond acceptors (Lipinski definition) is 6. The van der Waals surface area contributed by atoms with Crippen molar-refractivity contribution in [2.24, 2.45) is 0 Å². The zero-order valence-electron chi connectivity index (χ0n) is 11.2. The molecule has 7 heteroatoms. The van der Waals surface area contributed by atoms with Gasteiger partial charge in [-0.3, -0.25) is 4.79 Å². The van der Waals surface area contributed by atoms with Crippen LogP contribution in [0.1, 0.15) is 29.1 Å². The molecule has 6 nitrogen and oxygen atoms in total. The molecule has 0 saturated carbocycles. The van der Waals surface area contributed by atoms with Gasteiger partial charge in [0.1, 0.15) is 5.76 Å². The molecule has 1 N–H and O–H groups in total. The number of piperidine rings is 1. The monoisotopic (exact) mass is 292 g/mol. The van der Waals surface area contributed by atoms with Gasteiger partial charge in [-0.05, 0) is 19.8 Å². The SMILES string of the molecule is Cc1cc(C(=O)N2CCC(Nc3nccs3)CC2)no1. The summed E-state index contributed by atoms with van der Waals surface area (Å²) in [5.74, 6) is 0.614. The van der Waals surface area contributed by atoms with Gasteiger partial charge in [0.25, 0.3) is 5.91 Å². The molecule has 1 aliphatic heterocycles. The van der Waals surface area contributed by atoms with Gasteiger partial charge in [0, 0.05) is 36.8 Å². The Morgan fingerprint density at radius 1 is 1.50 bits per heavy atom. The zero-order chi connectivity index (χ0) is 13.9. The Labute approximate surface area is 120 Å². The summed E-state index contributed by atoms with van der Waals surface area (Å²) < 4.78 is 4.95. The van der Waals surface area contributed by atoms with E-state index in [0.29, 0.717) is 17.5 Å². The highest BCUT2D eigenvalue weighted by Crippen LogP contribution is 2.19. The molecular weight excluding hydrogens is 276 g/mol. The molecule has 2 aromatic heterocycles. The van der Waals surface area contributed by atoms with E-state index in [4.69, 9.17) is 4.52 Å². The number of nitrogens with one attached hydrogen (secondary N) is 1. The van der Waals surface area contributed by atoms with Gasteiger partial charge in [0.2, 0.25) is 0 Å². The summed E-state index contributed by atoms with van der Waals surface area (Å²) in [5, 5.41) is 10.1. The van der Waals surface area contributed by atoms with Gasteiger partial charge in [-0.1, -0.05) is 5.16 Å². The Morgan fingerprint density at radius 3 is 2.90 bits per heavy atom. The predicted octanol–water partition coefficient (Wildman–Crippen LogP) is 2.16. The van der Waals surface area contributed by atoms with Crippen LogP contribution in [0.4, 0.5) is 5.13 Å². The lowest BCUT2D eigenvalue weighted by Gasteiger charge is -2.31. The maximum atomic E-state index is 12.2. The van der Waals surface area contributed by atoms with Crippen LogP contribution in [0.5, 0.6) is 0 Å². The van der Waals surface area contributed by atoms with E-state index < -0.39 is 0 Å². The Hall–Kier alpha value is -1.89. The first kappa shape index (κ1) is 13.1. The van der Waals surface area contributed by atoms with Crippen molar-refractivity contribution >= 4 is 22.4 Å². The minimum Gasteiger partial charge on any atom is -0.361 e. The third-order valence-corrected chi connectivity index (χ3v) is 4.09. The smallest absolute Gasteiger partial charge is 0.276 e. The van der Waals surface area contributed by atoms with E-state index in [2.05, 4.69) is 15.5 Å². The van der Waals surface area contributed by atoms with Crippen LogP contribution in [0.2, 0.25) is 0 Å². The Balaban J connectivity index is 1.54. The van der Waals surface area contributed by atoms with Gasteiger partial charge < -0.3 is 14.7 Å². The van der Waals surface area contributed by atoms with Crippen molar-refractivity contribution in [1.29, 1.82) is 0 Å². The van der Waals surface area contributed by atoms with Crippen LogP contribution >= 0.6 is 11.3 Å². The second-order valence-electron chi connectivity index (χ2n) is 4.87. The summed E-state index contributed by atoms with van der Waals surface area (Å²) in [4.78, 5) is 18.3. The molecule has 0 radical (unpaired) electrons. The van der Waals surface area contributed by atoms with Gasteiger partial charge in [-0.15, -0.1) is 11.3 Å². The summed E-state index contributed by atoms with van der Waals surface area (Å²) in [7, 11) is 0. The molecule has 1 saturated heterocycles. The summed E-state index contributed by atoms with van der Waals surface area (Å²) >= 11 is 1.60. The molecule has 106 valence electrons. The molecule has 0 aromatic carbocycles. The van der Waals surface area contributed by atoms with Gasteiger partial charge in [0.05, 0.1) is 0 Å². The molecule has 3 heterocycles. The lowest BCUT2D eigenvalue weighted by Crippen LogP contribution is -2.42. The molecular formula is C13H16N4O2S. The number of anilines is 1. The van der Waals surface area contributed by atoms with Crippen molar-refractivity contribution in [1.82, 2.24) is 15.0 Å². The number of amides is 1. The lowest BCUT2D eigenvalue weighted by molar-refractivity contribution is 0.0708. The van der Waals surface area contributed by atoms with E-state index in [1.165, 1.54) is 0 Å². The normalized spacial score (nSPS) is 16.4. The van der Waals surface area contributed by atoms with E-state index in [9.17, 15) is 4.79 Å². The molecule has 3 rings (SSSR count). The minimum absolute atomic E-state index is 0.0467. The van der Waals surface area contributed by atoms with Crippen LogP contribution < -0.4 is 5.32 Å². The molecule has 1 amide bonds. The molecule has 20 heavy (non-hydrogen) atoms. The Morgan fingerprint density at radius 2 is 2.30 bits per heavy atom. The first-order valence-corrected chi connectivity index (χ1v) is 7.49. The van der Waals surface area contributed by atoms with Gasteiger partial charge in [-0.2, -0.15) is 0 Å². The number of nitrogens with zero attached hydrogens (tertiary/aromatic N) is 3. The number of likely N-dealkylation sites (tertiary alicyclic amines) is 1. The standard InChI is InChI=1S/C13H16N4O2S/c1-9-8-11(16-19-9)12(18)17-5-2-10(3-6-17)15-13-14-4-7-20-13/h4,7-8,10H,2-3,5-6H2,1H3,(H,14,15). The van der Waals surface area contributed by atoms with Gasteiger partial charge in [0.15, 0.2) is 10.8 Å². The van der Waals surface area contributed by atoms with Gasteiger partial charge >= 0.3 is 0 Å². The second kappa shape index (κ2) is 5.62. The number of carbonyl (C=O) groups excluding carboxylic acids is 1. The number of aryl methyl sites for hydroxylation is 1. The topological polar surface area (TPSA) is 71.3 Å². The van der Waals surface area contributed by atoms with Crippen molar-refractivity contribution in [2.45, 2.75) is 25.8 Å². The number of rotatable bonds is 3. The molecule has 0 aliphatic carbocycles. The summed E-state index contributed by atoms with van der Waals surface area (Å²) in [6, 6.07) is 2.06. The van der Waals surface area contributed by atoms with Crippen LogP contribution in [0.3, 0.4) is 0 Å². The van der Waals surface area contributed by atoms with Crippen LogP contribution in [-0.2, 0) is 0 Å². The Bertz CT molecular complexity index is 573. The van der Waals surface area contributed by atoms with Crippen molar-refractivity contribution < 1.29 is 9.32 Å². The highest BCUT2D eigenvalue weighted by molar-refractivity contribution is 7.13. The summed E-state index contributed by atoms with van der Waals surface area (Å²) in [6.07, 6.45) is 3.63. The van der Waals surface area contributed by atoms with Crippen molar-refractivity contribution in [3.63, 3.8) is 0 Å². The van der Waals surface area contributed by atoms with E-state index in [0.717, 1.165) is 31.1 Å². The number of thiazole rings is 1. The average Bonchev–Trinajstić information content (AvgIpc) is 3.10. The maximum absolute atomic E-state index is 12.2. The fourth-order valence-electron chi connectivity index (χ4n) is 2.33. The lowest BCUT2D eigenvalue weighted by atomic mass is 10.1. The first-order valence-electron chi connectivity index (χ1n) is 6.61. The number of hydrogen-bond donors (Lipinski definition) is 1. The largest absolute Gasteiger partial charge is 0.361 e. The maximum Gasteiger partial charge on any atom is 0.276 e. The van der Waals surface area contributed by atoms with Crippen molar-refractivity contribution in [3.8, 4) is 0 Å². The van der Waals surface area contributed by atoms with Crippen LogP contribution in [0, 0.1) is 6.92 Å². The predicted molar refractivity (Wildman–Crippen MR) is 75.9 cm³/mol. The Kier molecular flexibility index (Phi) is 3.68. The highest BCUT2D eigenvalue weighted by Gasteiger charge is 2.25. The zero-order valence-corrected chi connectivity index (χ0v) is 12.0. The molecule has 0 atom stereocenters. The van der Waals surface area contributed by atoms with Crippen LogP contribution in [0.25, 0.3) is 0 Å². The van der Waals surface area contributed by atoms with Crippen LogP contribution in [-0.4, -0.2) is 40.1 Å². The molecule has 1 fully saturated rings. The van der Waals surface area contributed by atoms with E-state index >= 15 is 0 Å². The highest BCUT2D eigenvalue weighted by atomic mass is 32.1. The molecule has 0 unspecified atom stereocenters. The third kappa shape index (κ3) is 2.82. The van der Waals surface area contributed by atoms with Crippen molar-refractivity contribution in [3.05, 3.63) is 29.1 Å². The fraction of sp³-hybridized carbons (Fsp3) is 0.462. The van der Waals surface area contributed by atoms with E-state index in [-0.39, 0.29) is 5.91 Å². The van der Waals surface area contributed by atoms with Crippen LogP contribution in [0.15, 0.2) is 22.2 Å². The first-order chi connectivity index (χ1) is 9.72. The fourth-order valence-corrected chi connectivity index (χ4v) is 2.93. The molecule has 0 spiro atoms. The van der Waals surface area contributed by atoms with Crippen molar-refractivity contribution in [2.75, 3.05) is 18.4 Å². The summed E-state index contributed by atoms with van der Waals surface area (Å²) in [6.45, 7) is 3.25. The quantitative estimate of drug-likeness (QED) is 0.938. The molecule has 0 bridgehead atoms. The second-order valence-corrected chi connectivity index (χ2v) is 5.77. The number of aromatic nitrogens is 2. The molecule has 1 aliphatic rings. The molecule has 2 aromatic rings. The van der Waals surface area contributed by atoms with Gasteiger partial charge in [-0.25, -0.2) is 4.98 Å². The van der Waals surface area contributed by atoms with E-state index in [1.807, 2.05) is 10.3 Å². The average molecular weight is 292 g/mol.